The van der Waals surface area contributed by atoms with E-state index in [1.807, 2.05) is 35.2 Å². The number of fused-ring (bicyclic) bond motifs is 1. The quantitative estimate of drug-likeness (QED) is 0.577. The van der Waals surface area contributed by atoms with Crippen LogP contribution in [0.2, 0.25) is 0 Å². The first-order chi connectivity index (χ1) is 12.2. The summed E-state index contributed by atoms with van der Waals surface area (Å²) in [6, 6.07) is 12.2. The molecule has 3 aromatic rings. The summed E-state index contributed by atoms with van der Waals surface area (Å²) in [5, 5.41) is 1.26. The van der Waals surface area contributed by atoms with Gasteiger partial charge in [0.05, 0.1) is 0 Å². The summed E-state index contributed by atoms with van der Waals surface area (Å²) < 4.78 is 15.6. The van der Waals surface area contributed by atoms with Gasteiger partial charge in [0.25, 0.3) is 0 Å². The molecule has 0 aliphatic carbocycles. The first-order valence-electron chi connectivity index (χ1n) is 8.65. The Kier molecular flexibility index (Phi) is 5.06. The normalized spacial score (nSPS) is 16.6. The maximum Gasteiger partial charge on any atom is 0.216 e. The molecule has 0 bridgehead atoms. The second kappa shape index (κ2) is 7.44. The number of hydrogen-bond acceptors (Lipinski definition) is 4. The van der Waals surface area contributed by atoms with Crippen molar-refractivity contribution in [3.8, 4) is 0 Å². The van der Waals surface area contributed by atoms with Crippen LogP contribution >= 0.6 is 23.1 Å². The molecule has 5 heteroatoms. The molecule has 1 unspecified atom stereocenters. The molecule has 2 nitrogen and oxygen atoms in total. The van der Waals surface area contributed by atoms with Gasteiger partial charge >= 0.3 is 0 Å². The lowest BCUT2D eigenvalue weighted by Crippen LogP contribution is -2.22. The van der Waals surface area contributed by atoms with Crippen LogP contribution in [0.5, 0.6) is 0 Å². The SMILES string of the molecule is CC(c1cccnc1F)c1c(CCN2CCSC2)sc2ccccc12. The summed E-state index contributed by atoms with van der Waals surface area (Å²) in [4.78, 5) is 7.75. The van der Waals surface area contributed by atoms with Crippen molar-refractivity contribution in [3.05, 3.63) is 64.5 Å². The summed E-state index contributed by atoms with van der Waals surface area (Å²) in [6.07, 6.45) is 2.55. The van der Waals surface area contributed by atoms with Crippen LogP contribution in [0, 0.1) is 5.95 Å². The van der Waals surface area contributed by atoms with Crippen molar-refractivity contribution >= 4 is 33.2 Å². The van der Waals surface area contributed by atoms with Gasteiger partial charge in [0.1, 0.15) is 0 Å². The lowest BCUT2D eigenvalue weighted by molar-refractivity contribution is 0.361. The van der Waals surface area contributed by atoms with Crippen molar-refractivity contribution < 1.29 is 4.39 Å². The molecule has 0 radical (unpaired) electrons. The highest BCUT2D eigenvalue weighted by Gasteiger charge is 2.22. The van der Waals surface area contributed by atoms with Crippen molar-refractivity contribution in [1.82, 2.24) is 9.88 Å². The van der Waals surface area contributed by atoms with Gasteiger partial charge in [-0.3, -0.25) is 4.90 Å². The molecule has 25 heavy (non-hydrogen) atoms. The van der Waals surface area contributed by atoms with Gasteiger partial charge in [-0.05, 0) is 29.5 Å². The minimum atomic E-state index is -0.354. The van der Waals surface area contributed by atoms with Crippen molar-refractivity contribution in [2.24, 2.45) is 0 Å². The monoisotopic (exact) mass is 372 g/mol. The number of pyridine rings is 1. The fourth-order valence-corrected chi connectivity index (χ4v) is 5.86. The first-order valence-corrected chi connectivity index (χ1v) is 10.6. The Hall–Kier alpha value is -1.43. The zero-order valence-corrected chi connectivity index (χ0v) is 15.9. The standard InChI is InChI=1S/C20H21FN2S2/c1-14(15-6-4-9-22-20(15)21)19-16-5-2-3-7-17(16)25-18(19)8-10-23-11-12-24-13-23/h2-7,9,14H,8,10-13H2,1H3. The Morgan fingerprint density at radius 3 is 2.92 bits per heavy atom. The van der Waals surface area contributed by atoms with Crippen LogP contribution in [0.1, 0.15) is 28.8 Å². The highest BCUT2D eigenvalue weighted by molar-refractivity contribution is 7.99. The maximum atomic E-state index is 14.3. The molecule has 1 aromatic carbocycles. The lowest BCUT2D eigenvalue weighted by atomic mass is 9.91. The third-order valence-electron chi connectivity index (χ3n) is 4.88. The first kappa shape index (κ1) is 17.0. The number of thiophene rings is 1. The Labute approximate surface area is 156 Å². The molecule has 4 rings (SSSR count). The van der Waals surface area contributed by atoms with Gasteiger partial charge < -0.3 is 0 Å². The number of thioether (sulfide) groups is 1. The molecule has 1 saturated heterocycles. The van der Waals surface area contributed by atoms with E-state index in [0.29, 0.717) is 5.56 Å². The van der Waals surface area contributed by atoms with E-state index >= 15 is 0 Å². The Morgan fingerprint density at radius 1 is 1.24 bits per heavy atom. The third kappa shape index (κ3) is 3.46. The van der Waals surface area contributed by atoms with Crippen LogP contribution in [0.4, 0.5) is 4.39 Å². The fourth-order valence-electron chi connectivity index (χ4n) is 3.54. The second-order valence-corrected chi connectivity index (χ2v) is 8.66. The predicted molar refractivity (Wildman–Crippen MR) is 106 cm³/mol. The van der Waals surface area contributed by atoms with E-state index in [0.717, 1.165) is 18.8 Å². The van der Waals surface area contributed by atoms with Crippen molar-refractivity contribution in [2.45, 2.75) is 19.3 Å². The summed E-state index contributed by atoms with van der Waals surface area (Å²) in [5.74, 6) is 2.02. The van der Waals surface area contributed by atoms with Gasteiger partial charge in [0.15, 0.2) is 0 Å². The Bertz CT molecular complexity index is 871. The minimum absolute atomic E-state index is 0.00723. The van der Waals surface area contributed by atoms with Crippen LogP contribution in [0.15, 0.2) is 42.6 Å². The van der Waals surface area contributed by atoms with Gasteiger partial charge in [-0.25, -0.2) is 4.98 Å². The molecule has 3 heterocycles. The highest BCUT2D eigenvalue weighted by Crippen LogP contribution is 2.39. The molecule has 1 atom stereocenters. The predicted octanol–water partition coefficient (Wildman–Crippen LogP) is 5.14. The van der Waals surface area contributed by atoms with Crippen LogP contribution in [-0.2, 0) is 6.42 Å². The van der Waals surface area contributed by atoms with E-state index in [1.54, 1.807) is 0 Å². The van der Waals surface area contributed by atoms with Crippen LogP contribution in [-0.4, -0.2) is 34.6 Å². The van der Waals surface area contributed by atoms with Gasteiger partial charge in [0.2, 0.25) is 5.95 Å². The van der Waals surface area contributed by atoms with Crippen LogP contribution in [0.3, 0.4) is 0 Å². The van der Waals surface area contributed by atoms with Crippen LogP contribution < -0.4 is 0 Å². The number of rotatable bonds is 5. The topological polar surface area (TPSA) is 16.1 Å². The lowest BCUT2D eigenvalue weighted by Gasteiger charge is -2.17. The van der Waals surface area contributed by atoms with E-state index in [9.17, 15) is 4.39 Å². The van der Waals surface area contributed by atoms with Crippen molar-refractivity contribution in [2.75, 3.05) is 24.7 Å². The summed E-state index contributed by atoms with van der Waals surface area (Å²) >= 11 is 3.86. The van der Waals surface area contributed by atoms with Crippen molar-refractivity contribution in [3.63, 3.8) is 0 Å². The van der Waals surface area contributed by atoms with E-state index < -0.39 is 0 Å². The zero-order chi connectivity index (χ0) is 17.2. The Morgan fingerprint density at radius 2 is 2.12 bits per heavy atom. The van der Waals surface area contributed by atoms with E-state index in [4.69, 9.17) is 0 Å². The highest BCUT2D eigenvalue weighted by atomic mass is 32.2. The molecule has 130 valence electrons. The second-order valence-electron chi connectivity index (χ2n) is 6.45. The largest absolute Gasteiger partial charge is 0.293 e. The number of hydrogen-bond donors (Lipinski definition) is 0. The average Bonchev–Trinajstić information content (AvgIpc) is 3.27. The smallest absolute Gasteiger partial charge is 0.216 e. The Balaban J connectivity index is 1.72. The average molecular weight is 373 g/mol. The number of aromatic nitrogens is 1. The fraction of sp³-hybridized carbons (Fsp3) is 0.350. The van der Waals surface area contributed by atoms with Crippen molar-refractivity contribution in [1.29, 1.82) is 0 Å². The molecule has 2 aromatic heterocycles. The van der Waals surface area contributed by atoms with E-state index in [2.05, 4.69) is 41.1 Å². The molecular formula is C20H21FN2S2. The number of nitrogens with zero attached hydrogens (tertiary/aromatic N) is 2. The molecule has 1 aliphatic heterocycles. The minimum Gasteiger partial charge on any atom is -0.293 e. The zero-order valence-electron chi connectivity index (χ0n) is 14.2. The van der Waals surface area contributed by atoms with E-state index in [1.165, 1.54) is 39.0 Å². The molecular weight excluding hydrogens is 351 g/mol. The molecule has 0 N–H and O–H groups in total. The molecule has 0 saturated carbocycles. The van der Waals surface area contributed by atoms with Gasteiger partial charge in [0, 0.05) is 52.0 Å². The summed E-state index contributed by atoms with van der Waals surface area (Å²) in [6.45, 7) is 4.36. The van der Waals surface area contributed by atoms with E-state index in [-0.39, 0.29) is 11.9 Å². The summed E-state index contributed by atoms with van der Waals surface area (Å²) in [5.41, 5.74) is 1.96. The van der Waals surface area contributed by atoms with Crippen LogP contribution in [0.25, 0.3) is 10.1 Å². The van der Waals surface area contributed by atoms with Gasteiger partial charge in [-0.2, -0.15) is 4.39 Å². The van der Waals surface area contributed by atoms with Gasteiger partial charge in [-0.1, -0.05) is 31.2 Å². The molecule has 1 fully saturated rings. The molecule has 0 amide bonds. The number of halogens is 1. The third-order valence-corrected chi connectivity index (χ3v) is 7.14. The molecule has 1 aliphatic rings. The number of benzene rings is 1. The van der Waals surface area contributed by atoms with Gasteiger partial charge in [-0.15, -0.1) is 23.1 Å². The summed E-state index contributed by atoms with van der Waals surface area (Å²) in [7, 11) is 0. The maximum absolute atomic E-state index is 14.3. The molecule has 0 spiro atoms.